The van der Waals surface area contributed by atoms with Crippen molar-refractivity contribution in [2.45, 2.75) is 11.2 Å². The molecule has 98 valence electrons. The molecule has 0 amide bonds. The van der Waals surface area contributed by atoms with Crippen molar-refractivity contribution in [3.8, 4) is 0 Å². The molecule has 0 aliphatic rings. The molecule has 2 rings (SSSR count). The minimum Gasteiger partial charge on any atom is -0.258 e. The van der Waals surface area contributed by atoms with Crippen molar-refractivity contribution in [1.29, 1.82) is 0 Å². The number of nitro groups is 1. The summed E-state index contributed by atoms with van der Waals surface area (Å²) in [5, 5.41) is 10.7. The van der Waals surface area contributed by atoms with Gasteiger partial charge in [0.05, 0.1) is 4.92 Å². The summed E-state index contributed by atoms with van der Waals surface area (Å²) in [6, 6.07) is 15.1. The maximum atomic E-state index is 10.7. The van der Waals surface area contributed by atoms with Crippen molar-refractivity contribution in [3.63, 3.8) is 0 Å². The van der Waals surface area contributed by atoms with Crippen LogP contribution in [0, 0.1) is 13.7 Å². The quantitative estimate of drug-likeness (QED) is 0.299. The van der Waals surface area contributed by atoms with Gasteiger partial charge in [-0.25, -0.2) is 0 Å². The summed E-state index contributed by atoms with van der Waals surface area (Å²) in [6.07, 6.45) is 0.806. The lowest BCUT2D eigenvalue weighted by Gasteiger charge is -2.11. The molecule has 0 bridgehead atoms. The largest absolute Gasteiger partial charge is 0.270 e. The third-order valence-electron chi connectivity index (χ3n) is 2.81. The fraction of sp³-hybridized carbons (Fsp3) is 0.143. The van der Waals surface area contributed by atoms with Gasteiger partial charge in [-0.1, -0.05) is 52.3 Å². The fourth-order valence-electron chi connectivity index (χ4n) is 1.79. The molecule has 1 atom stereocenters. The van der Waals surface area contributed by atoms with E-state index in [2.05, 4.69) is 50.7 Å². The van der Waals surface area contributed by atoms with Crippen LogP contribution >= 0.6 is 38.5 Å². The Morgan fingerprint density at radius 3 is 2.47 bits per heavy atom. The van der Waals surface area contributed by atoms with Gasteiger partial charge >= 0.3 is 0 Å². The number of rotatable bonds is 4. The molecule has 0 radical (unpaired) electrons. The molecule has 0 heterocycles. The maximum absolute atomic E-state index is 10.7. The van der Waals surface area contributed by atoms with E-state index in [1.54, 1.807) is 12.1 Å². The van der Waals surface area contributed by atoms with Crippen molar-refractivity contribution in [2.75, 3.05) is 0 Å². The molecular formula is C14H11BrINO2. The van der Waals surface area contributed by atoms with Crippen LogP contribution in [0.1, 0.15) is 16.0 Å². The van der Waals surface area contributed by atoms with Crippen molar-refractivity contribution in [2.24, 2.45) is 0 Å². The molecule has 0 saturated heterocycles. The Kier molecular flexibility index (Phi) is 4.93. The highest BCUT2D eigenvalue weighted by molar-refractivity contribution is 14.1. The van der Waals surface area contributed by atoms with E-state index in [0.29, 0.717) is 0 Å². The molecule has 0 aliphatic carbocycles. The van der Waals surface area contributed by atoms with Gasteiger partial charge in [-0.3, -0.25) is 10.1 Å². The molecule has 2 aromatic rings. The molecule has 0 aliphatic heterocycles. The highest BCUT2D eigenvalue weighted by Crippen LogP contribution is 2.30. The third kappa shape index (κ3) is 3.76. The second-order valence-corrected chi connectivity index (χ2v) is 6.38. The van der Waals surface area contributed by atoms with Gasteiger partial charge in [-0.2, -0.15) is 0 Å². The Morgan fingerprint density at radius 2 is 1.89 bits per heavy atom. The molecule has 2 aromatic carbocycles. The van der Waals surface area contributed by atoms with Crippen LogP contribution in [0.4, 0.5) is 5.69 Å². The average Bonchev–Trinajstić information content (AvgIpc) is 2.41. The van der Waals surface area contributed by atoms with E-state index in [0.717, 1.165) is 15.6 Å². The predicted molar refractivity (Wildman–Crippen MR) is 87.6 cm³/mol. The predicted octanol–water partition coefficient (Wildman–Crippen LogP) is 4.88. The summed E-state index contributed by atoms with van der Waals surface area (Å²) in [4.78, 5) is 10.5. The first kappa shape index (κ1) is 14.5. The second kappa shape index (κ2) is 6.47. The number of alkyl halides is 1. The van der Waals surface area contributed by atoms with Crippen molar-refractivity contribution >= 4 is 44.2 Å². The number of benzene rings is 2. The summed E-state index contributed by atoms with van der Waals surface area (Å²) in [6.45, 7) is 0. The van der Waals surface area contributed by atoms with Gasteiger partial charge in [0.1, 0.15) is 0 Å². The highest BCUT2D eigenvalue weighted by Gasteiger charge is 2.13. The van der Waals surface area contributed by atoms with Crippen molar-refractivity contribution < 1.29 is 4.92 Å². The minimum absolute atomic E-state index is 0.138. The Balaban J connectivity index is 2.18. The lowest BCUT2D eigenvalue weighted by atomic mass is 10.0. The number of nitro benzene ring substituents is 1. The number of halogens is 2. The van der Waals surface area contributed by atoms with E-state index in [-0.39, 0.29) is 15.4 Å². The molecule has 1 unspecified atom stereocenters. The Labute approximate surface area is 133 Å². The lowest BCUT2D eigenvalue weighted by molar-refractivity contribution is -0.385. The first-order valence-corrected chi connectivity index (χ1v) is 7.69. The van der Waals surface area contributed by atoms with E-state index < -0.39 is 0 Å². The average molecular weight is 432 g/mol. The standard InChI is InChI=1S/C14H11BrINO2/c15-13(10-4-2-1-3-5-10)8-11-6-7-12(17(18)19)9-14(11)16/h1-7,9,13H,8H2. The van der Waals surface area contributed by atoms with Gasteiger partial charge in [-0.05, 0) is 40.1 Å². The van der Waals surface area contributed by atoms with E-state index in [9.17, 15) is 10.1 Å². The van der Waals surface area contributed by atoms with Crippen LogP contribution in [0.15, 0.2) is 48.5 Å². The fourth-order valence-corrected chi connectivity index (χ4v) is 3.16. The van der Waals surface area contributed by atoms with Gasteiger partial charge in [0, 0.05) is 20.5 Å². The number of non-ortho nitro benzene ring substituents is 1. The first-order chi connectivity index (χ1) is 9.08. The topological polar surface area (TPSA) is 43.1 Å². The smallest absolute Gasteiger partial charge is 0.258 e. The molecule has 19 heavy (non-hydrogen) atoms. The van der Waals surface area contributed by atoms with Crippen LogP contribution < -0.4 is 0 Å². The zero-order valence-corrected chi connectivity index (χ0v) is 13.7. The molecule has 0 N–H and O–H groups in total. The molecule has 0 spiro atoms. The Morgan fingerprint density at radius 1 is 1.21 bits per heavy atom. The monoisotopic (exact) mass is 431 g/mol. The Bertz CT molecular complexity index is 589. The SMILES string of the molecule is O=[N+]([O-])c1ccc(CC(Br)c2ccccc2)c(I)c1. The molecule has 0 saturated carbocycles. The zero-order valence-electron chi connectivity index (χ0n) is 9.92. The zero-order chi connectivity index (χ0) is 13.8. The summed E-state index contributed by atoms with van der Waals surface area (Å²) < 4.78 is 0.923. The van der Waals surface area contributed by atoms with Crippen LogP contribution in [0.3, 0.4) is 0 Å². The number of nitrogens with zero attached hydrogens (tertiary/aromatic N) is 1. The summed E-state index contributed by atoms with van der Waals surface area (Å²) in [5.74, 6) is 0. The van der Waals surface area contributed by atoms with Gasteiger partial charge < -0.3 is 0 Å². The maximum Gasteiger partial charge on any atom is 0.270 e. The first-order valence-electron chi connectivity index (χ1n) is 5.70. The van der Waals surface area contributed by atoms with Crippen LogP contribution in [-0.4, -0.2) is 4.92 Å². The molecule has 0 fully saturated rings. The Hall–Kier alpha value is -0.950. The van der Waals surface area contributed by atoms with Crippen LogP contribution in [0.2, 0.25) is 0 Å². The number of hydrogen-bond acceptors (Lipinski definition) is 2. The second-order valence-electron chi connectivity index (χ2n) is 4.12. The normalized spacial score (nSPS) is 12.1. The molecule has 3 nitrogen and oxygen atoms in total. The van der Waals surface area contributed by atoms with Crippen molar-refractivity contribution in [3.05, 3.63) is 73.3 Å². The van der Waals surface area contributed by atoms with E-state index in [1.807, 2.05) is 24.3 Å². The van der Waals surface area contributed by atoms with E-state index in [4.69, 9.17) is 0 Å². The summed E-state index contributed by atoms with van der Waals surface area (Å²) >= 11 is 5.81. The van der Waals surface area contributed by atoms with Gasteiger partial charge in [0.2, 0.25) is 0 Å². The van der Waals surface area contributed by atoms with E-state index in [1.165, 1.54) is 5.56 Å². The van der Waals surface area contributed by atoms with Crippen LogP contribution in [-0.2, 0) is 6.42 Å². The molecule has 0 aromatic heterocycles. The highest BCUT2D eigenvalue weighted by atomic mass is 127. The third-order valence-corrected chi connectivity index (χ3v) is 4.66. The van der Waals surface area contributed by atoms with E-state index >= 15 is 0 Å². The van der Waals surface area contributed by atoms with Crippen molar-refractivity contribution in [1.82, 2.24) is 0 Å². The lowest BCUT2D eigenvalue weighted by Crippen LogP contribution is -1.98. The molecule has 5 heteroatoms. The number of hydrogen-bond donors (Lipinski definition) is 0. The van der Waals surface area contributed by atoms with Gasteiger partial charge in [0.25, 0.3) is 5.69 Å². The van der Waals surface area contributed by atoms with Crippen LogP contribution in [0.5, 0.6) is 0 Å². The van der Waals surface area contributed by atoms with Crippen LogP contribution in [0.25, 0.3) is 0 Å². The summed E-state index contributed by atoms with van der Waals surface area (Å²) in [5.41, 5.74) is 2.45. The summed E-state index contributed by atoms with van der Waals surface area (Å²) in [7, 11) is 0. The minimum atomic E-state index is -0.366. The van der Waals surface area contributed by atoms with Gasteiger partial charge in [-0.15, -0.1) is 0 Å². The van der Waals surface area contributed by atoms with Gasteiger partial charge in [0.15, 0.2) is 0 Å². The molecular weight excluding hydrogens is 421 g/mol.